The quantitative estimate of drug-likeness (QED) is 0.793. The van der Waals surface area contributed by atoms with Crippen LogP contribution in [-0.4, -0.2) is 7.11 Å². The Hall–Kier alpha value is -1.35. The van der Waals surface area contributed by atoms with Crippen molar-refractivity contribution in [1.29, 1.82) is 0 Å². The van der Waals surface area contributed by atoms with Crippen LogP contribution in [0.15, 0.2) is 47.2 Å². The Morgan fingerprint density at radius 2 is 1.88 bits per heavy atom. The number of pyridine rings is 1. The first kappa shape index (κ1) is 12.1. The zero-order valence-electron chi connectivity index (χ0n) is 9.98. The van der Waals surface area contributed by atoms with Crippen LogP contribution in [0.5, 0.6) is 5.75 Å². The highest BCUT2D eigenvalue weighted by molar-refractivity contribution is 9.10. The molecule has 0 fully saturated rings. The molecule has 2 nitrogen and oxygen atoms in total. The van der Waals surface area contributed by atoms with Crippen molar-refractivity contribution >= 4 is 15.9 Å². The third-order valence-corrected chi connectivity index (χ3v) is 3.53. The molecule has 1 aromatic carbocycles. The summed E-state index contributed by atoms with van der Waals surface area (Å²) >= 11 is 3.54. The van der Waals surface area contributed by atoms with Crippen LogP contribution in [0.2, 0.25) is 0 Å². The van der Waals surface area contributed by atoms with Crippen LogP contribution in [0, 0.1) is 6.92 Å². The smallest absolute Gasteiger partial charge is 0.183 e. The molecule has 3 heteroatoms. The van der Waals surface area contributed by atoms with Crippen molar-refractivity contribution in [3.8, 4) is 5.75 Å². The van der Waals surface area contributed by atoms with Crippen molar-refractivity contribution in [1.82, 2.24) is 0 Å². The molecule has 0 saturated carbocycles. The highest BCUT2D eigenvalue weighted by atomic mass is 79.9. The van der Waals surface area contributed by atoms with E-state index in [-0.39, 0.29) is 0 Å². The Morgan fingerprint density at radius 3 is 2.47 bits per heavy atom. The second-order valence-corrected chi connectivity index (χ2v) is 4.85. The molecule has 0 bridgehead atoms. The van der Waals surface area contributed by atoms with Gasteiger partial charge in [-0.25, -0.2) is 0 Å². The molecular weight excluding hydrogens is 278 g/mol. The Labute approximate surface area is 110 Å². The lowest BCUT2D eigenvalue weighted by Gasteiger charge is -2.02. The van der Waals surface area contributed by atoms with Crippen molar-refractivity contribution in [2.24, 2.45) is 0 Å². The van der Waals surface area contributed by atoms with Gasteiger partial charge >= 0.3 is 0 Å². The van der Waals surface area contributed by atoms with Crippen LogP contribution < -0.4 is 9.30 Å². The normalized spacial score (nSPS) is 10.3. The fourth-order valence-electron chi connectivity index (χ4n) is 1.62. The van der Waals surface area contributed by atoms with Crippen LogP contribution in [0.4, 0.5) is 0 Å². The van der Waals surface area contributed by atoms with Crippen LogP contribution in [0.25, 0.3) is 0 Å². The first-order valence-corrected chi connectivity index (χ1v) is 6.26. The highest BCUT2D eigenvalue weighted by Crippen LogP contribution is 2.13. The number of hydrogen-bond acceptors (Lipinski definition) is 1. The Balaban J connectivity index is 2.16. The van der Waals surface area contributed by atoms with E-state index in [0.717, 1.165) is 16.8 Å². The minimum absolute atomic E-state index is 0.864. The highest BCUT2D eigenvalue weighted by Gasteiger charge is 2.05. The summed E-state index contributed by atoms with van der Waals surface area (Å²) in [4.78, 5) is 0. The third-order valence-electron chi connectivity index (χ3n) is 2.70. The summed E-state index contributed by atoms with van der Waals surface area (Å²) in [7, 11) is 1.68. The molecule has 0 atom stereocenters. The number of halogens is 1. The van der Waals surface area contributed by atoms with E-state index in [1.807, 2.05) is 12.1 Å². The number of nitrogens with zero attached hydrogens (tertiary/aromatic N) is 1. The van der Waals surface area contributed by atoms with E-state index in [1.165, 1.54) is 11.1 Å². The maximum atomic E-state index is 5.14. The van der Waals surface area contributed by atoms with Crippen molar-refractivity contribution < 1.29 is 9.30 Å². The van der Waals surface area contributed by atoms with E-state index in [4.69, 9.17) is 4.74 Å². The van der Waals surface area contributed by atoms with E-state index in [2.05, 4.69) is 58.0 Å². The van der Waals surface area contributed by atoms with Crippen LogP contribution >= 0.6 is 15.9 Å². The predicted molar refractivity (Wildman–Crippen MR) is 71.2 cm³/mol. The van der Waals surface area contributed by atoms with Gasteiger partial charge in [0.1, 0.15) is 5.75 Å². The molecule has 1 aromatic heterocycles. The number of hydrogen-bond donors (Lipinski definition) is 0. The van der Waals surface area contributed by atoms with Crippen molar-refractivity contribution in [3.63, 3.8) is 0 Å². The molecule has 0 aliphatic rings. The standard InChI is InChI=1S/C14H15BrNO/c1-11-7-8-16(10-14(11)15)9-12-3-5-13(17-2)6-4-12/h3-8,10H,9H2,1-2H3/q+1. The number of ether oxygens (including phenoxy) is 1. The molecule has 0 N–H and O–H groups in total. The topological polar surface area (TPSA) is 13.1 Å². The summed E-state index contributed by atoms with van der Waals surface area (Å²) in [5.74, 6) is 0.892. The summed E-state index contributed by atoms with van der Waals surface area (Å²) in [6.07, 6.45) is 4.18. The second-order valence-electron chi connectivity index (χ2n) is 4.00. The van der Waals surface area contributed by atoms with Gasteiger partial charge in [0.15, 0.2) is 18.9 Å². The summed E-state index contributed by atoms with van der Waals surface area (Å²) in [5, 5.41) is 0. The number of aromatic nitrogens is 1. The van der Waals surface area contributed by atoms with Crippen LogP contribution in [-0.2, 0) is 6.54 Å². The van der Waals surface area contributed by atoms with Gasteiger partial charge in [0.25, 0.3) is 0 Å². The number of aryl methyl sites for hydroxylation is 1. The van der Waals surface area contributed by atoms with Crippen LogP contribution in [0.3, 0.4) is 0 Å². The Kier molecular flexibility index (Phi) is 3.79. The van der Waals surface area contributed by atoms with Gasteiger partial charge in [-0.1, -0.05) is 0 Å². The minimum atomic E-state index is 0.864. The molecular formula is C14H15BrNO+. The summed E-state index contributed by atoms with van der Waals surface area (Å²) in [5.41, 5.74) is 2.50. The van der Waals surface area contributed by atoms with E-state index in [1.54, 1.807) is 7.11 Å². The maximum Gasteiger partial charge on any atom is 0.183 e. The molecule has 0 aliphatic heterocycles. The van der Waals surface area contributed by atoms with E-state index in [9.17, 15) is 0 Å². The summed E-state index contributed by atoms with van der Waals surface area (Å²) < 4.78 is 8.42. The molecule has 0 aliphatic carbocycles. The molecule has 2 rings (SSSR count). The zero-order chi connectivity index (χ0) is 12.3. The number of rotatable bonds is 3. The molecule has 2 aromatic rings. The number of benzene rings is 1. The SMILES string of the molecule is COc1ccc(C[n+]2ccc(C)c(Br)c2)cc1. The van der Waals surface area contributed by atoms with Crippen molar-refractivity contribution in [2.45, 2.75) is 13.5 Å². The maximum absolute atomic E-state index is 5.14. The largest absolute Gasteiger partial charge is 0.497 e. The van der Waals surface area contributed by atoms with Gasteiger partial charge in [-0.2, -0.15) is 4.57 Å². The summed E-state index contributed by atoms with van der Waals surface area (Å²) in [6.45, 7) is 2.95. The third kappa shape index (κ3) is 3.07. The zero-order valence-corrected chi connectivity index (χ0v) is 11.6. The lowest BCUT2D eigenvalue weighted by Crippen LogP contribution is -2.33. The van der Waals surface area contributed by atoms with Gasteiger partial charge in [0.05, 0.1) is 11.6 Å². The van der Waals surface area contributed by atoms with Crippen molar-refractivity contribution in [2.75, 3.05) is 7.11 Å². The van der Waals surface area contributed by atoms with Gasteiger partial charge < -0.3 is 4.74 Å². The minimum Gasteiger partial charge on any atom is -0.497 e. The lowest BCUT2D eigenvalue weighted by atomic mass is 10.2. The van der Waals surface area contributed by atoms with E-state index in [0.29, 0.717) is 0 Å². The predicted octanol–water partition coefficient (Wildman–Crippen LogP) is 3.10. The molecule has 0 spiro atoms. The molecule has 0 radical (unpaired) electrons. The lowest BCUT2D eigenvalue weighted by molar-refractivity contribution is -0.689. The second kappa shape index (κ2) is 5.32. The molecule has 17 heavy (non-hydrogen) atoms. The fourth-order valence-corrected chi connectivity index (χ4v) is 2.01. The van der Waals surface area contributed by atoms with E-state index < -0.39 is 0 Å². The van der Waals surface area contributed by atoms with Gasteiger partial charge in [0, 0.05) is 11.6 Å². The van der Waals surface area contributed by atoms with Crippen molar-refractivity contribution in [3.05, 3.63) is 58.3 Å². The first-order valence-electron chi connectivity index (χ1n) is 5.47. The van der Waals surface area contributed by atoms with Crippen LogP contribution in [0.1, 0.15) is 11.1 Å². The molecule has 88 valence electrons. The molecule has 0 saturated heterocycles. The van der Waals surface area contributed by atoms with Gasteiger partial charge in [0.2, 0.25) is 0 Å². The molecule has 0 amide bonds. The Bertz CT molecular complexity index is 508. The summed E-state index contributed by atoms with van der Waals surface area (Å²) in [6, 6.07) is 10.2. The average Bonchev–Trinajstić information content (AvgIpc) is 2.35. The monoisotopic (exact) mass is 292 g/mol. The molecule has 0 unspecified atom stereocenters. The fraction of sp³-hybridized carbons (Fsp3) is 0.214. The average molecular weight is 293 g/mol. The Morgan fingerprint density at radius 1 is 1.18 bits per heavy atom. The van der Waals surface area contributed by atoms with Gasteiger partial charge in [-0.05, 0) is 52.7 Å². The van der Waals surface area contributed by atoms with Gasteiger partial charge in [-0.15, -0.1) is 0 Å². The van der Waals surface area contributed by atoms with Gasteiger partial charge in [-0.3, -0.25) is 0 Å². The number of methoxy groups -OCH3 is 1. The first-order chi connectivity index (χ1) is 8.19. The molecule has 1 heterocycles. The van der Waals surface area contributed by atoms with E-state index >= 15 is 0 Å².